The number of nitrogens with zero attached hydrogens (tertiary/aromatic N) is 3. The Morgan fingerprint density at radius 3 is 2.17 bits per heavy atom. The fraction of sp³-hybridized carbons (Fsp3) is 0.636. The van der Waals surface area contributed by atoms with Crippen LogP contribution in [0.3, 0.4) is 0 Å². The van der Waals surface area contributed by atoms with Gasteiger partial charge in [-0.3, -0.25) is 0 Å². The molecule has 0 aliphatic carbocycles. The van der Waals surface area contributed by atoms with Crippen LogP contribution in [-0.2, 0) is 6.18 Å². The number of halogens is 3. The Bertz CT molecular complexity index is 415. The Labute approximate surface area is 102 Å². The lowest BCUT2D eigenvalue weighted by Crippen LogP contribution is -2.52. The Balaban J connectivity index is 1.85. The average Bonchev–Trinajstić information content (AvgIpc) is 2.58. The van der Waals surface area contributed by atoms with Crippen molar-refractivity contribution in [1.29, 1.82) is 0 Å². The summed E-state index contributed by atoms with van der Waals surface area (Å²) in [6.45, 7) is 1.70. The zero-order chi connectivity index (χ0) is 12.8. The molecule has 0 radical (unpaired) electrons. The van der Waals surface area contributed by atoms with Crippen molar-refractivity contribution in [3.63, 3.8) is 0 Å². The molecular formula is C11H13F3N4. The molecule has 2 bridgehead atoms. The van der Waals surface area contributed by atoms with Gasteiger partial charge < -0.3 is 10.2 Å². The summed E-state index contributed by atoms with van der Waals surface area (Å²) >= 11 is 0. The second-order valence-electron chi connectivity index (χ2n) is 4.72. The van der Waals surface area contributed by atoms with Crippen LogP contribution in [0.2, 0.25) is 0 Å². The van der Waals surface area contributed by atoms with Crippen molar-refractivity contribution in [2.75, 3.05) is 18.0 Å². The first-order valence-electron chi connectivity index (χ1n) is 5.94. The van der Waals surface area contributed by atoms with Crippen molar-refractivity contribution < 1.29 is 13.2 Å². The molecule has 2 atom stereocenters. The number of piperazine rings is 1. The normalized spacial score (nSPS) is 27.6. The van der Waals surface area contributed by atoms with Gasteiger partial charge in [-0.15, -0.1) is 0 Å². The molecule has 3 heterocycles. The van der Waals surface area contributed by atoms with Gasteiger partial charge in [0.2, 0.25) is 5.95 Å². The molecule has 2 unspecified atom stereocenters. The number of hydrogen-bond acceptors (Lipinski definition) is 4. The van der Waals surface area contributed by atoms with E-state index in [1.54, 1.807) is 0 Å². The summed E-state index contributed by atoms with van der Waals surface area (Å²) in [5, 5.41) is 3.30. The minimum absolute atomic E-state index is 0.306. The van der Waals surface area contributed by atoms with Crippen molar-refractivity contribution in [3.05, 3.63) is 18.0 Å². The number of rotatable bonds is 1. The number of alkyl halides is 3. The number of aromatic nitrogens is 2. The van der Waals surface area contributed by atoms with E-state index in [2.05, 4.69) is 20.2 Å². The zero-order valence-corrected chi connectivity index (χ0v) is 9.61. The van der Waals surface area contributed by atoms with Crippen LogP contribution < -0.4 is 10.2 Å². The zero-order valence-electron chi connectivity index (χ0n) is 9.61. The Hall–Kier alpha value is -1.37. The first-order chi connectivity index (χ1) is 8.55. The van der Waals surface area contributed by atoms with Crippen LogP contribution in [0, 0.1) is 0 Å². The first kappa shape index (κ1) is 11.7. The predicted octanol–water partition coefficient (Wildman–Crippen LogP) is 1.44. The van der Waals surface area contributed by atoms with E-state index in [0.717, 1.165) is 38.3 Å². The van der Waals surface area contributed by atoms with E-state index in [4.69, 9.17) is 0 Å². The summed E-state index contributed by atoms with van der Waals surface area (Å²) in [5.41, 5.74) is -0.797. The lowest BCUT2D eigenvalue weighted by molar-refractivity contribution is -0.138. The molecule has 2 aliphatic rings. The van der Waals surface area contributed by atoms with Crippen LogP contribution in [0.15, 0.2) is 12.4 Å². The second kappa shape index (κ2) is 4.08. The van der Waals surface area contributed by atoms with E-state index in [1.165, 1.54) is 0 Å². The van der Waals surface area contributed by atoms with Gasteiger partial charge in [-0.2, -0.15) is 13.2 Å². The monoisotopic (exact) mass is 258 g/mol. The molecular weight excluding hydrogens is 245 g/mol. The molecule has 1 aromatic heterocycles. The summed E-state index contributed by atoms with van der Waals surface area (Å²) in [6.07, 6.45) is -0.557. The van der Waals surface area contributed by atoms with E-state index in [-0.39, 0.29) is 0 Å². The van der Waals surface area contributed by atoms with E-state index in [1.807, 2.05) is 0 Å². The standard InChI is InChI=1S/C11H13F3N4/c12-11(13,14)7-3-16-10(17-4-7)18-8-1-2-9(18)6-15-5-8/h3-4,8-9,15H,1-2,5-6H2. The number of hydrogen-bond donors (Lipinski definition) is 1. The van der Waals surface area contributed by atoms with Crippen LogP contribution in [0.1, 0.15) is 18.4 Å². The molecule has 4 nitrogen and oxygen atoms in total. The van der Waals surface area contributed by atoms with Gasteiger partial charge in [-0.05, 0) is 12.8 Å². The van der Waals surface area contributed by atoms with Gasteiger partial charge in [0.05, 0.1) is 5.56 Å². The Morgan fingerprint density at radius 2 is 1.67 bits per heavy atom. The third-order valence-corrected chi connectivity index (χ3v) is 3.58. The summed E-state index contributed by atoms with van der Waals surface area (Å²) in [5.74, 6) is 0.414. The highest BCUT2D eigenvalue weighted by molar-refractivity contribution is 5.37. The van der Waals surface area contributed by atoms with E-state index in [0.29, 0.717) is 18.0 Å². The highest BCUT2D eigenvalue weighted by Crippen LogP contribution is 2.32. The third kappa shape index (κ3) is 1.92. The minimum atomic E-state index is -4.37. The molecule has 2 aliphatic heterocycles. The highest BCUT2D eigenvalue weighted by atomic mass is 19.4. The van der Waals surface area contributed by atoms with Gasteiger partial charge >= 0.3 is 6.18 Å². The quantitative estimate of drug-likeness (QED) is 0.827. The summed E-state index contributed by atoms with van der Waals surface area (Å²) in [7, 11) is 0. The second-order valence-corrected chi connectivity index (χ2v) is 4.72. The van der Waals surface area contributed by atoms with E-state index >= 15 is 0 Å². The minimum Gasteiger partial charge on any atom is -0.332 e. The molecule has 2 saturated heterocycles. The average molecular weight is 258 g/mol. The fourth-order valence-corrected chi connectivity index (χ4v) is 2.71. The van der Waals surface area contributed by atoms with E-state index in [9.17, 15) is 13.2 Å². The predicted molar refractivity (Wildman–Crippen MR) is 59.2 cm³/mol. The molecule has 1 aromatic rings. The van der Waals surface area contributed by atoms with Crippen LogP contribution in [0.25, 0.3) is 0 Å². The first-order valence-corrected chi connectivity index (χ1v) is 5.94. The lowest BCUT2D eigenvalue weighted by atomic mass is 10.2. The number of fused-ring (bicyclic) bond motifs is 2. The molecule has 0 saturated carbocycles. The molecule has 2 fully saturated rings. The number of nitrogens with one attached hydrogen (secondary N) is 1. The van der Waals surface area contributed by atoms with Gasteiger partial charge in [-0.1, -0.05) is 0 Å². The van der Waals surface area contributed by atoms with Gasteiger partial charge in [0.1, 0.15) is 0 Å². The van der Waals surface area contributed by atoms with Crippen molar-refractivity contribution >= 4 is 5.95 Å². The van der Waals surface area contributed by atoms with E-state index < -0.39 is 11.7 Å². The fourth-order valence-electron chi connectivity index (χ4n) is 2.71. The van der Waals surface area contributed by atoms with Crippen LogP contribution in [0.5, 0.6) is 0 Å². The molecule has 18 heavy (non-hydrogen) atoms. The van der Waals surface area contributed by atoms with Gasteiger partial charge in [0.15, 0.2) is 0 Å². The Morgan fingerprint density at radius 1 is 1.11 bits per heavy atom. The highest BCUT2D eigenvalue weighted by Gasteiger charge is 2.38. The smallest absolute Gasteiger partial charge is 0.332 e. The van der Waals surface area contributed by atoms with Crippen LogP contribution in [0.4, 0.5) is 19.1 Å². The van der Waals surface area contributed by atoms with Crippen molar-refractivity contribution in [3.8, 4) is 0 Å². The van der Waals surface area contributed by atoms with Crippen molar-refractivity contribution in [2.24, 2.45) is 0 Å². The third-order valence-electron chi connectivity index (χ3n) is 3.58. The van der Waals surface area contributed by atoms with Gasteiger partial charge in [0, 0.05) is 37.6 Å². The topological polar surface area (TPSA) is 41.1 Å². The van der Waals surface area contributed by atoms with Gasteiger partial charge in [0.25, 0.3) is 0 Å². The molecule has 98 valence electrons. The molecule has 1 N–H and O–H groups in total. The maximum atomic E-state index is 12.4. The largest absolute Gasteiger partial charge is 0.419 e. The molecule has 0 aromatic carbocycles. The Kier molecular flexibility index (Phi) is 2.65. The maximum Gasteiger partial charge on any atom is 0.419 e. The lowest BCUT2D eigenvalue weighted by Gasteiger charge is -2.35. The summed E-state index contributed by atoms with van der Waals surface area (Å²) in [4.78, 5) is 9.81. The number of anilines is 1. The van der Waals surface area contributed by atoms with Crippen molar-refractivity contribution in [2.45, 2.75) is 31.1 Å². The van der Waals surface area contributed by atoms with Crippen LogP contribution in [-0.4, -0.2) is 35.1 Å². The van der Waals surface area contributed by atoms with Gasteiger partial charge in [-0.25, -0.2) is 9.97 Å². The molecule has 0 spiro atoms. The summed E-state index contributed by atoms with van der Waals surface area (Å²) < 4.78 is 37.3. The van der Waals surface area contributed by atoms with Crippen LogP contribution >= 0.6 is 0 Å². The van der Waals surface area contributed by atoms with Crippen molar-refractivity contribution in [1.82, 2.24) is 15.3 Å². The SMILES string of the molecule is FC(F)(F)c1cnc(N2C3CCC2CNC3)nc1. The summed E-state index contributed by atoms with van der Waals surface area (Å²) in [6, 6.07) is 0.612. The molecule has 0 amide bonds. The maximum absolute atomic E-state index is 12.4. The molecule has 3 rings (SSSR count). The molecule has 7 heteroatoms.